The lowest BCUT2D eigenvalue weighted by atomic mass is 9.88. The number of nitrogens with one attached hydrogen (secondary N) is 3. The molecule has 1 amide bonds. The number of aromatic carboxylic acids is 1. The fourth-order valence-corrected chi connectivity index (χ4v) is 11.7. The molecule has 1 aliphatic carbocycles. The maximum atomic E-state index is 13.8. The number of benzene rings is 4. The van der Waals surface area contributed by atoms with Crippen molar-refractivity contribution in [3.05, 3.63) is 142 Å². The van der Waals surface area contributed by atoms with Gasteiger partial charge in [0.15, 0.2) is 0 Å². The quantitative estimate of drug-likeness (QED) is 0.00490. The first-order chi connectivity index (χ1) is 38.3. The number of aromatic nitrogens is 2. The number of hydrogen-bond donors (Lipinski definition) is 9. The summed E-state index contributed by atoms with van der Waals surface area (Å²) in [7, 11) is -17.1. The van der Waals surface area contributed by atoms with Crippen LogP contribution in [0.2, 0.25) is 0 Å². The minimum Gasteiger partial charge on any atom is -0.492 e. The summed E-state index contributed by atoms with van der Waals surface area (Å²) >= 11 is 0. The lowest BCUT2D eigenvalue weighted by Gasteiger charge is -2.21. The highest BCUT2D eigenvalue weighted by atomic mass is 31.3. The van der Waals surface area contributed by atoms with E-state index in [0.29, 0.717) is 46.3 Å². The molecule has 0 bridgehead atoms. The number of nitrogens with two attached hydrogens (primary N) is 1. The zero-order chi connectivity index (χ0) is 59.0. The van der Waals surface area contributed by atoms with Gasteiger partial charge in [0.25, 0.3) is 11.5 Å². The number of rotatable bonds is 25. The Bertz CT molecular complexity index is 3760. The van der Waals surface area contributed by atoms with Crippen molar-refractivity contribution in [3.63, 3.8) is 0 Å². The lowest BCUT2D eigenvalue weighted by Crippen LogP contribution is -2.34. The van der Waals surface area contributed by atoms with Crippen LogP contribution in [0, 0.1) is 13.8 Å². The lowest BCUT2D eigenvalue weighted by molar-refractivity contribution is -0.0603. The largest absolute Gasteiger partial charge is 0.492 e. The smallest absolute Gasteiger partial charge is 0.490 e. The highest BCUT2D eigenvalue weighted by Crippen LogP contribution is 2.66. The number of aryl methyl sites for hydroxylation is 2. The summed E-state index contributed by atoms with van der Waals surface area (Å²) in [6.07, 6.45) is -3.01. The van der Waals surface area contributed by atoms with E-state index in [2.05, 4.69) is 43.8 Å². The van der Waals surface area contributed by atoms with Crippen molar-refractivity contribution in [1.82, 2.24) is 14.9 Å². The predicted molar refractivity (Wildman–Crippen MR) is 285 cm³/mol. The third-order valence-corrected chi connectivity index (χ3v) is 15.9. The average Bonchev–Trinajstić information content (AvgIpc) is 3.83. The van der Waals surface area contributed by atoms with Crippen LogP contribution in [0.15, 0.2) is 91.0 Å². The van der Waals surface area contributed by atoms with E-state index in [4.69, 9.17) is 44.4 Å². The van der Waals surface area contributed by atoms with Crippen LogP contribution in [0.3, 0.4) is 0 Å². The molecule has 33 heteroatoms. The molecule has 2 aliphatic heterocycles. The van der Waals surface area contributed by atoms with E-state index >= 15 is 0 Å². The summed E-state index contributed by atoms with van der Waals surface area (Å²) in [6.45, 7) is 6.19. The van der Waals surface area contributed by atoms with Gasteiger partial charge in [-0.1, -0.05) is 5.11 Å². The van der Waals surface area contributed by atoms with Gasteiger partial charge in [-0.25, -0.2) is 28.1 Å². The molecule has 0 saturated carbocycles. The topological polar surface area (TPSA) is 447 Å². The molecule has 4 aromatic rings. The van der Waals surface area contributed by atoms with Crippen LogP contribution in [0.1, 0.15) is 79.8 Å². The number of aromatic amines is 1. The molecule has 5 atom stereocenters. The Morgan fingerprint density at radius 2 is 1.69 bits per heavy atom. The van der Waals surface area contributed by atoms with Crippen LogP contribution in [0.4, 0.5) is 5.69 Å². The second kappa shape index (κ2) is 26.0. The molecule has 7 rings (SSSR count). The molecule has 1 aromatic heterocycles. The van der Waals surface area contributed by atoms with E-state index in [1.165, 1.54) is 36.4 Å². The second-order valence-corrected chi connectivity index (χ2v) is 22.1. The van der Waals surface area contributed by atoms with Crippen LogP contribution in [-0.2, 0) is 54.2 Å². The molecule has 10 N–H and O–H groups in total. The third kappa shape index (κ3) is 15.4. The molecular weight excluding hydrogens is 1130 g/mol. The fourth-order valence-electron chi connectivity index (χ4n) is 8.67. The van der Waals surface area contributed by atoms with Gasteiger partial charge in [-0.3, -0.25) is 28.7 Å². The summed E-state index contributed by atoms with van der Waals surface area (Å²) < 4.78 is 76.9. The number of amides is 1. The monoisotopic (exact) mass is 1190 g/mol. The number of ether oxygens (including phenoxy) is 4. The maximum absolute atomic E-state index is 13.8. The van der Waals surface area contributed by atoms with E-state index in [1.807, 2.05) is 52.0 Å². The highest BCUT2D eigenvalue weighted by Gasteiger charge is 2.44. The van der Waals surface area contributed by atoms with E-state index in [9.17, 15) is 52.6 Å². The Labute approximate surface area is 457 Å². The molecule has 81 heavy (non-hydrogen) atoms. The molecule has 3 unspecified atom stereocenters. The molecule has 1 fully saturated rings. The fraction of sp³-hybridized carbons (Fsp3) is 0.333. The number of nitrogens with zero attached hydrogens (tertiary/aromatic N) is 5. The summed E-state index contributed by atoms with van der Waals surface area (Å²) in [6, 6.07) is 15.8. The number of phosphoric acid groups is 3. The van der Waals surface area contributed by atoms with Gasteiger partial charge in [-0.05, 0) is 104 Å². The predicted octanol–water partition coefficient (Wildman–Crippen LogP) is 5.63. The number of anilines is 1. The van der Waals surface area contributed by atoms with Gasteiger partial charge in [0.1, 0.15) is 42.6 Å². The molecule has 1 saturated heterocycles. The van der Waals surface area contributed by atoms with Gasteiger partial charge in [0.05, 0.1) is 54.6 Å². The number of H-pyrrole nitrogens is 1. The molecule has 0 spiro atoms. The van der Waals surface area contributed by atoms with Gasteiger partial charge in [-0.2, -0.15) is 8.62 Å². The van der Waals surface area contributed by atoms with E-state index < -0.39 is 90.9 Å². The standard InChI is InChI=1S/C48H54N9O21P3/c1-5-51-36-17-38-34(13-25(36)3)43(35-14-26(4)37(52-6-2)18-39(35)75-38)33-16-27(7-9-32(33)46(60)61)44(58)53-11-12-71-30-8-10-31(28(15-30)20-54-56-50)47(62)72-22-29-21-57(48(63)55-45(29)59)42-19-40(73-24-49)41(76-42)23-74-80(67,68)78-81(69,70)77-79(64,65)66/h7-10,13-18,21,40-42,51H,5-6,11-12,19-20,22-24,49H2,1-4H3,(H,53,58)(H,60,61)(H,67,68)(H,69,70)(H,55,59,63)(H2,64,65,66)/b52-37-/t40?,41-,42-/m1/s1. The number of azide groups is 1. The first-order valence-corrected chi connectivity index (χ1v) is 28.8. The van der Waals surface area contributed by atoms with Crippen LogP contribution in [0.5, 0.6) is 5.75 Å². The van der Waals surface area contributed by atoms with E-state index in [1.54, 1.807) is 0 Å². The van der Waals surface area contributed by atoms with Crippen molar-refractivity contribution < 1.29 is 89.3 Å². The molecule has 3 aliphatic rings. The van der Waals surface area contributed by atoms with Gasteiger partial charge < -0.3 is 64.4 Å². The van der Waals surface area contributed by atoms with Gasteiger partial charge in [0.2, 0.25) is 0 Å². The number of carboxylic acid groups (broad SMARTS) is 1. The van der Waals surface area contributed by atoms with Crippen LogP contribution in [0.25, 0.3) is 43.9 Å². The number of carbonyl (C=O) groups is 3. The zero-order valence-electron chi connectivity index (χ0n) is 43.4. The number of esters is 1. The molecule has 3 aromatic carbocycles. The minimum atomic E-state index is -5.85. The van der Waals surface area contributed by atoms with E-state index in [-0.39, 0.29) is 65.2 Å². The Morgan fingerprint density at radius 1 is 0.938 bits per heavy atom. The van der Waals surface area contributed by atoms with Crippen molar-refractivity contribution in [2.45, 2.75) is 65.7 Å². The number of carbonyl (C=O) groups excluding carboxylic acids is 2. The summed E-state index contributed by atoms with van der Waals surface area (Å²) in [4.78, 5) is 112. The number of hydrogen-bond acceptors (Lipinski definition) is 20. The van der Waals surface area contributed by atoms with Crippen LogP contribution in [-0.4, -0.2) is 104 Å². The number of fused-ring (bicyclic) bond motifs is 2. The molecule has 0 radical (unpaired) electrons. The van der Waals surface area contributed by atoms with Gasteiger partial charge >= 0.3 is 41.1 Å². The first-order valence-electron chi connectivity index (χ1n) is 24.3. The minimum absolute atomic E-state index is 0.0527. The second-order valence-electron chi connectivity index (χ2n) is 17.7. The number of phosphoric ester groups is 1. The maximum Gasteiger partial charge on any atom is 0.490 e. The SMILES string of the molecule is CC/N=c1/cc2oc3cc(NCC)c(C)cc3c(-c3cc(C(=O)NCCOc4ccc(C(=O)OCc5cn([C@H]6CC(OCN)[C@@H](COP(=O)(O)OP(=O)(O)OP(=O)(O)O)O6)c(=O)[nH]c5=O)c(CN=[N+]=[N-])c4)ccc3C(=O)O)c-2cc1C. The van der Waals surface area contributed by atoms with E-state index in [0.717, 1.165) is 27.6 Å². The van der Waals surface area contributed by atoms with Crippen molar-refractivity contribution in [2.24, 2.45) is 15.8 Å². The van der Waals surface area contributed by atoms with Gasteiger partial charge in [0, 0.05) is 70.5 Å². The van der Waals surface area contributed by atoms with Crippen LogP contribution < -0.4 is 37.7 Å². The molecule has 432 valence electrons. The molecule has 3 heterocycles. The summed E-state index contributed by atoms with van der Waals surface area (Å²) in [5.41, 5.74) is 16.9. The Balaban J connectivity index is 1.03. The third-order valence-electron chi connectivity index (χ3n) is 12.1. The molecular formula is C48H54N9O21P3. The Hall–Kier alpha value is -7.36. The van der Waals surface area contributed by atoms with Crippen molar-refractivity contribution in [3.8, 4) is 28.2 Å². The van der Waals surface area contributed by atoms with Crippen molar-refractivity contribution >= 4 is 58.0 Å². The Kier molecular flexibility index (Phi) is 19.7. The summed E-state index contributed by atoms with van der Waals surface area (Å²) in [5.74, 6) is -2.13. The number of carboxylic acids is 1. The normalized spacial score (nSPS) is 17.0. The zero-order valence-corrected chi connectivity index (χ0v) is 46.1. The summed E-state index contributed by atoms with van der Waals surface area (Å²) in [5, 5.41) is 21.5. The Morgan fingerprint density at radius 3 is 2.38 bits per heavy atom. The van der Waals surface area contributed by atoms with Crippen molar-refractivity contribution in [1.29, 1.82) is 0 Å². The molecule has 30 nitrogen and oxygen atoms in total. The van der Waals surface area contributed by atoms with Gasteiger partial charge in [-0.15, -0.1) is 0 Å². The average molecular weight is 1190 g/mol. The highest BCUT2D eigenvalue weighted by molar-refractivity contribution is 7.66. The first kappa shape index (κ1) is 61.3. The van der Waals surface area contributed by atoms with Crippen LogP contribution >= 0.6 is 23.5 Å². The van der Waals surface area contributed by atoms with Crippen molar-refractivity contribution in [2.75, 3.05) is 44.9 Å².